The van der Waals surface area contributed by atoms with Gasteiger partial charge in [-0.05, 0) is 29.8 Å². The summed E-state index contributed by atoms with van der Waals surface area (Å²) in [6.45, 7) is 7.06. The molecule has 7 heteroatoms. The first-order valence-corrected chi connectivity index (χ1v) is 6.85. The van der Waals surface area contributed by atoms with Gasteiger partial charge in [-0.3, -0.25) is 9.69 Å². The number of halogens is 1. The van der Waals surface area contributed by atoms with Crippen LogP contribution >= 0.6 is 20.8 Å². The highest BCUT2D eigenvalue weighted by atomic mass is 35.5. The second-order valence-electron chi connectivity index (χ2n) is 3.94. The molecule has 0 spiro atoms. The summed E-state index contributed by atoms with van der Waals surface area (Å²) in [4.78, 5) is 25.3. The average molecular weight is 319 g/mol. The van der Waals surface area contributed by atoms with E-state index in [9.17, 15) is 4.79 Å². The molecule has 2 aromatic heterocycles. The number of hydrogen-bond acceptors (Lipinski definition) is 4. The fourth-order valence-corrected chi connectivity index (χ4v) is 2.13. The van der Waals surface area contributed by atoms with Crippen LogP contribution in [0.4, 0.5) is 5.82 Å². The smallest absolute Gasteiger partial charge is 0.255 e. The third-order valence-corrected chi connectivity index (χ3v) is 3.25. The van der Waals surface area contributed by atoms with E-state index in [1.807, 2.05) is 0 Å². The summed E-state index contributed by atoms with van der Waals surface area (Å²) in [6.07, 6.45) is 5.76. The largest absolute Gasteiger partial charge is 0.269 e. The van der Waals surface area contributed by atoms with Crippen molar-refractivity contribution in [1.29, 1.82) is 0 Å². The molecule has 1 atom stereocenters. The van der Waals surface area contributed by atoms with Crippen LogP contribution in [-0.2, 0) is 4.79 Å². The summed E-state index contributed by atoms with van der Waals surface area (Å²) in [5, 5.41) is 0.939. The first-order chi connectivity index (χ1) is 10.1. The minimum atomic E-state index is -0.318. The first kappa shape index (κ1) is 15.3. The zero-order valence-corrected chi connectivity index (χ0v) is 12.9. The van der Waals surface area contributed by atoms with Crippen molar-refractivity contribution in [3.63, 3.8) is 0 Å². The van der Waals surface area contributed by atoms with Crippen molar-refractivity contribution in [2.24, 2.45) is 0 Å². The Kier molecular flexibility index (Phi) is 4.78. The zero-order chi connectivity index (χ0) is 15.4. The highest BCUT2D eigenvalue weighted by Gasteiger charge is 2.13. The van der Waals surface area contributed by atoms with Gasteiger partial charge in [0.15, 0.2) is 0 Å². The van der Waals surface area contributed by atoms with Crippen LogP contribution in [0.5, 0.6) is 0 Å². The second kappa shape index (κ2) is 6.57. The number of aromatic nitrogens is 3. The van der Waals surface area contributed by atoms with Crippen molar-refractivity contribution >= 4 is 37.9 Å². The maximum absolute atomic E-state index is 11.8. The molecule has 0 aliphatic carbocycles. The van der Waals surface area contributed by atoms with Gasteiger partial charge in [0.2, 0.25) is 5.28 Å². The molecule has 1 unspecified atom stereocenters. The van der Waals surface area contributed by atoms with E-state index >= 15 is 0 Å². The Bertz CT molecular complexity index is 720. The number of hydrogen-bond donors (Lipinski definition) is 0. The normalized spacial score (nSPS) is 10.0. The van der Waals surface area contributed by atoms with E-state index in [1.165, 1.54) is 17.2 Å². The summed E-state index contributed by atoms with van der Waals surface area (Å²) in [7, 11) is 2.54. The van der Waals surface area contributed by atoms with Crippen LogP contribution in [0.25, 0.3) is 11.3 Å². The fourth-order valence-electron chi connectivity index (χ4n) is 1.69. The molecule has 0 aromatic carbocycles. The molecular formula is C14H12ClN4OP. The van der Waals surface area contributed by atoms with Gasteiger partial charge in [0.25, 0.3) is 5.91 Å². The molecule has 2 rings (SSSR count). The molecule has 21 heavy (non-hydrogen) atoms. The van der Waals surface area contributed by atoms with Gasteiger partial charge in [0, 0.05) is 29.5 Å². The Morgan fingerprint density at radius 1 is 1.38 bits per heavy atom. The average Bonchev–Trinajstić information content (AvgIpc) is 2.50. The monoisotopic (exact) mass is 318 g/mol. The molecule has 0 saturated heterocycles. The van der Waals surface area contributed by atoms with E-state index in [0.29, 0.717) is 11.5 Å². The molecule has 0 radical (unpaired) electrons. The van der Waals surface area contributed by atoms with E-state index in [4.69, 9.17) is 11.6 Å². The van der Waals surface area contributed by atoms with Gasteiger partial charge in [-0.25, -0.2) is 15.0 Å². The number of nitrogens with zero attached hydrogens (tertiary/aromatic N) is 4. The molecule has 2 heterocycles. The quantitative estimate of drug-likeness (QED) is 0.493. The van der Waals surface area contributed by atoms with Gasteiger partial charge in [-0.15, -0.1) is 9.24 Å². The van der Waals surface area contributed by atoms with Gasteiger partial charge in [-0.1, -0.05) is 13.2 Å². The Balaban J connectivity index is 2.51. The Morgan fingerprint density at radius 2 is 2.14 bits per heavy atom. The number of pyridine rings is 1. The van der Waals surface area contributed by atoms with Crippen LogP contribution in [0.3, 0.4) is 0 Å². The van der Waals surface area contributed by atoms with E-state index in [0.717, 1.165) is 10.9 Å². The van der Waals surface area contributed by atoms with E-state index < -0.39 is 0 Å². The van der Waals surface area contributed by atoms with Crippen molar-refractivity contribution in [3.05, 3.63) is 55.2 Å². The minimum absolute atomic E-state index is 0.150. The maximum Gasteiger partial charge on any atom is 0.255 e. The number of anilines is 1. The van der Waals surface area contributed by atoms with Gasteiger partial charge in [0.1, 0.15) is 5.82 Å². The Morgan fingerprint density at radius 3 is 2.81 bits per heavy atom. The van der Waals surface area contributed by atoms with Crippen molar-refractivity contribution in [2.75, 3.05) is 4.90 Å². The molecule has 0 N–H and O–H groups in total. The van der Waals surface area contributed by atoms with Gasteiger partial charge < -0.3 is 0 Å². The maximum atomic E-state index is 11.8. The summed E-state index contributed by atoms with van der Waals surface area (Å²) in [6, 6.07) is 3.49. The number of carbonyl (C=O) groups is 1. The highest BCUT2D eigenvalue weighted by Crippen LogP contribution is 2.22. The second-order valence-corrected chi connectivity index (χ2v) is 4.90. The van der Waals surface area contributed by atoms with E-state index in [1.54, 1.807) is 24.5 Å². The van der Waals surface area contributed by atoms with Crippen LogP contribution in [0.2, 0.25) is 5.28 Å². The molecule has 106 valence electrons. The third-order valence-electron chi connectivity index (χ3n) is 2.65. The third kappa shape index (κ3) is 3.32. The van der Waals surface area contributed by atoms with Gasteiger partial charge in [0.05, 0.1) is 5.69 Å². The standard InChI is InChI=1S/C14H12ClN4OP/c1-3-12(20)19(4-2)11-7-9(5-6-16-11)13-10(21)8-17-14(15)18-13/h3-8H,1-2,21H2. The lowest BCUT2D eigenvalue weighted by Crippen LogP contribution is -2.23. The van der Waals surface area contributed by atoms with Crippen molar-refractivity contribution in [2.45, 2.75) is 0 Å². The van der Waals surface area contributed by atoms with Gasteiger partial charge in [-0.2, -0.15) is 0 Å². The number of rotatable bonds is 4. The lowest BCUT2D eigenvalue weighted by atomic mass is 10.2. The van der Waals surface area contributed by atoms with Crippen LogP contribution in [0.15, 0.2) is 50.0 Å². The molecule has 0 aliphatic rings. The molecule has 5 nitrogen and oxygen atoms in total. The minimum Gasteiger partial charge on any atom is -0.269 e. The number of amides is 1. The molecule has 0 saturated carbocycles. The molecular weight excluding hydrogens is 307 g/mol. The van der Waals surface area contributed by atoms with Crippen molar-refractivity contribution in [1.82, 2.24) is 15.0 Å². The van der Waals surface area contributed by atoms with Crippen molar-refractivity contribution < 1.29 is 4.79 Å². The topological polar surface area (TPSA) is 59.0 Å². The Hall–Kier alpha value is -2.10. The van der Waals surface area contributed by atoms with Crippen LogP contribution in [0.1, 0.15) is 0 Å². The lowest BCUT2D eigenvalue weighted by Gasteiger charge is -2.15. The lowest BCUT2D eigenvalue weighted by molar-refractivity contribution is -0.113. The van der Waals surface area contributed by atoms with Gasteiger partial charge >= 0.3 is 0 Å². The summed E-state index contributed by atoms with van der Waals surface area (Å²) < 4.78 is 0. The summed E-state index contributed by atoms with van der Waals surface area (Å²) >= 11 is 5.83. The molecule has 0 aliphatic heterocycles. The highest BCUT2D eigenvalue weighted by molar-refractivity contribution is 7.27. The SMILES string of the molecule is C=CC(=O)N(C=C)c1cc(-c2nc(Cl)ncc2P)ccn1. The molecule has 0 fully saturated rings. The summed E-state index contributed by atoms with van der Waals surface area (Å²) in [5.41, 5.74) is 1.41. The van der Waals surface area contributed by atoms with Crippen LogP contribution < -0.4 is 10.2 Å². The predicted molar refractivity (Wildman–Crippen MR) is 87.5 cm³/mol. The first-order valence-electron chi connectivity index (χ1n) is 5.89. The summed E-state index contributed by atoms with van der Waals surface area (Å²) in [5.74, 6) is 0.105. The Labute approximate surface area is 129 Å². The van der Waals surface area contributed by atoms with Crippen LogP contribution in [-0.4, -0.2) is 20.9 Å². The number of carbonyl (C=O) groups excluding carboxylic acids is 1. The van der Waals surface area contributed by atoms with Crippen LogP contribution in [0, 0.1) is 0 Å². The van der Waals surface area contributed by atoms with Crippen molar-refractivity contribution in [3.8, 4) is 11.3 Å². The van der Waals surface area contributed by atoms with E-state index in [2.05, 4.69) is 37.3 Å². The zero-order valence-electron chi connectivity index (χ0n) is 11.0. The molecule has 1 amide bonds. The molecule has 2 aromatic rings. The predicted octanol–water partition coefficient (Wildman–Crippen LogP) is 2.35. The molecule has 0 bridgehead atoms. The van der Waals surface area contributed by atoms with E-state index in [-0.39, 0.29) is 11.2 Å². The fraction of sp³-hybridized carbons (Fsp3) is 0.